The third-order valence-electron chi connectivity index (χ3n) is 7.98. The van der Waals surface area contributed by atoms with Crippen molar-refractivity contribution < 1.29 is 22.7 Å². The summed E-state index contributed by atoms with van der Waals surface area (Å²) in [4.78, 5) is 17.8. The molecular weight excluding hydrogens is 522 g/mol. The van der Waals surface area contributed by atoms with Gasteiger partial charge in [-0.2, -0.15) is 16.1 Å². The molecular formula is C28H45N3O5S2. The molecule has 214 valence electrons. The summed E-state index contributed by atoms with van der Waals surface area (Å²) < 4.78 is 40.2. The van der Waals surface area contributed by atoms with Gasteiger partial charge in [-0.25, -0.2) is 8.42 Å². The van der Waals surface area contributed by atoms with Crippen LogP contribution in [0, 0.1) is 19.8 Å². The minimum Gasteiger partial charge on any atom is -0.497 e. The summed E-state index contributed by atoms with van der Waals surface area (Å²) in [5, 5.41) is 0. The molecule has 1 aromatic carbocycles. The second kappa shape index (κ2) is 13.4. The quantitative estimate of drug-likeness (QED) is 0.382. The molecule has 10 heteroatoms. The first kappa shape index (κ1) is 29.6. The van der Waals surface area contributed by atoms with E-state index in [1.165, 1.54) is 25.8 Å². The number of thioether (sulfide) groups is 1. The fourth-order valence-corrected chi connectivity index (χ4v) is 9.11. The zero-order valence-corrected chi connectivity index (χ0v) is 25.1. The van der Waals surface area contributed by atoms with Gasteiger partial charge < -0.3 is 14.4 Å². The number of sulfonamides is 1. The van der Waals surface area contributed by atoms with Gasteiger partial charge in [0.2, 0.25) is 15.9 Å². The molecule has 8 nitrogen and oxygen atoms in total. The zero-order chi connectivity index (χ0) is 27.3. The molecule has 0 N–H and O–H groups in total. The lowest BCUT2D eigenvalue weighted by molar-refractivity contribution is -0.138. The van der Waals surface area contributed by atoms with Gasteiger partial charge in [-0.3, -0.25) is 9.69 Å². The maximum Gasteiger partial charge on any atom is 0.248 e. The summed E-state index contributed by atoms with van der Waals surface area (Å²) >= 11 is 1.73. The molecule has 3 aliphatic rings. The van der Waals surface area contributed by atoms with E-state index in [-0.39, 0.29) is 25.2 Å². The van der Waals surface area contributed by atoms with Gasteiger partial charge in [0.1, 0.15) is 12.4 Å². The van der Waals surface area contributed by atoms with Gasteiger partial charge in [-0.05, 0) is 81.7 Å². The highest BCUT2D eigenvalue weighted by atomic mass is 32.2. The molecule has 1 amide bonds. The standard InChI is InChI=1S/C28H45N3O5S2/c1-5-10-30(17-23-6-7-23)24-8-11-29(12-9-24)27(32)19-36-18-25-20-37-14-13-31(25)38(33,34)28-21(2)15-26(35-4)16-22(28)3/h15-16,23-25H,5-14,17-20H2,1-4H3. The van der Waals surface area contributed by atoms with Crippen LogP contribution in [-0.4, -0.2) is 105 Å². The minimum absolute atomic E-state index is 0.00105. The first-order valence-corrected chi connectivity index (χ1v) is 16.7. The molecule has 2 heterocycles. The van der Waals surface area contributed by atoms with Gasteiger partial charge in [-0.1, -0.05) is 6.92 Å². The summed E-state index contributed by atoms with van der Waals surface area (Å²) in [5.74, 6) is 2.94. The predicted octanol–water partition coefficient (Wildman–Crippen LogP) is 3.55. The van der Waals surface area contributed by atoms with E-state index in [0.29, 0.717) is 40.1 Å². The SMILES string of the molecule is CCCN(CC1CC1)C1CCN(C(=O)COCC2CSCCN2S(=O)(=O)c2c(C)cc(OC)cc2C)CC1. The number of carbonyl (C=O) groups excluding carboxylic acids is 1. The number of carbonyl (C=O) groups is 1. The van der Waals surface area contributed by atoms with Crippen molar-refractivity contribution in [2.45, 2.75) is 69.9 Å². The van der Waals surface area contributed by atoms with Crippen molar-refractivity contribution in [3.05, 3.63) is 23.3 Å². The number of aryl methyl sites for hydroxylation is 2. The Bertz CT molecular complexity index is 1030. The summed E-state index contributed by atoms with van der Waals surface area (Å²) in [5.41, 5.74) is 1.35. The Hall–Kier alpha value is -1.33. The van der Waals surface area contributed by atoms with E-state index in [0.717, 1.165) is 44.1 Å². The highest BCUT2D eigenvalue weighted by Crippen LogP contribution is 2.33. The minimum atomic E-state index is -3.71. The first-order chi connectivity index (χ1) is 18.2. The van der Waals surface area contributed by atoms with E-state index in [2.05, 4.69) is 11.8 Å². The average molecular weight is 568 g/mol. The van der Waals surface area contributed by atoms with E-state index in [1.807, 2.05) is 18.7 Å². The molecule has 2 aliphatic heterocycles. The number of methoxy groups -OCH3 is 1. The maximum absolute atomic E-state index is 13.7. The molecule has 1 aromatic rings. The van der Waals surface area contributed by atoms with E-state index in [1.54, 1.807) is 35.3 Å². The molecule has 2 saturated heterocycles. The van der Waals surface area contributed by atoms with Crippen LogP contribution in [0.1, 0.15) is 50.2 Å². The topological polar surface area (TPSA) is 79.4 Å². The van der Waals surface area contributed by atoms with Crippen LogP contribution in [0.15, 0.2) is 17.0 Å². The predicted molar refractivity (Wildman–Crippen MR) is 152 cm³/mol. The van der Waals surface area contributed by atoms with Gasteiger partial charge in [-0.15, -0.1) is 0 Å². The largest absolute Gasteiger partial charge is 0.497 e. The molecule has 1 saturated carbocycles. The van der Waals surface area contributed by atoms with Crippen LogP contribution in [0.25, 0.3) is 0 Å². The van der Waals surface area contributed by atoms with Crippen molar-refractivity contribution in [2.24, 2.45) is 5.92 Å². The van der Waals surface area contributed by atoms with Crippen molar-refractivity contribution >= 4 is 27.7 Å². The number of ether oxygens (including phenoxy) is 2. The highest BCUT2D eigenvalue weighted by Gasteiger charge is 2.36. The maximum atomic E-state index is 13.7. The number of rotatable bonds is 12. The van der Waals surface area contributed by atoms with E-state index in [9.17, 15) is 13.2 Å². The van der Waals surface area contributed by atoms with Crippen LogP contribution in [0.2, 0.25) is 0 Å². The molecule has 0 spiro atoms. The summed E-state index contributed by atoms with van der Waals surface area (Å²) in [6.07, 6.45) is 5.94. The summed E-state index contributed by atoms with van der Waals surface area (Å²) in [6.45, 7) is 10.4. The third-order valence-corrected chi connectivity index (χ3v) is 11.3. The normalized spacial score (nSPS) is 21.7. The summed E-state index contributed by atoms with van der Waals surface area (Å²) in [6, 6.07) is 3.80. The Labute approximate surface area is 233 Å². The van der Waals surface area contributed by atoms with Crippen LogP contribution in [-0.2, 0) is 19.6 Å². The third kappa shape index (κ3) is 7.24. The van der Waals surface area contributed by atoms with Crippen molar-refractivity contribution in [1.29, 1.82) is 0 Å². The lowest BCUT2D eigenvalue weighted by Crippen LogP contribution is -2.50. The second-order valence-corrected chi connectivity index (χ2v) is 14.0. The van der Waals surface area contributed by atoms with Crippen molar-refractivity contribution in [3.63, 3.8) is 0 Å². The van der Waals surface area contributed by atoms with Crippen LogP contribution >= 0.6 is 11.8 Å². The number of nitrogens with zero attached hydrogens (tertiary/aromatic N) is 3. The first-order valence-electron chi connectivity index (χ1n) is 14.1. The molecule has 1 atom stereocenters. The number of amides is 1. The molecule has 1 aliphatic carbocycles. The lowest BCUT2D eigenvalue weighted by atomic mass is 10.0. The highest BCUT2D eigenvalue weighted by molar-refractivity contribution is 7.99. The Kier molecular flexibility index (Phi) is 10.4. The molecule has 4 rings (SSSR count). The van der Waals surface area contributed by atoms with Crippen molar-refractivity contribution in [1.82, 2.24) is 14.1 Å². The Morgan fingerprint density at radius 1 is 1.11 bits per heavy atom. The monoisotopic (exact) mass is 567 g/mol. The number of benzene rings is 1. The van der Waals surface area contributed by atoms with Crippen LogP contribution in [0.4, 0.5) is 0 Å². The Balaban J connectivity index is 1.30. The smallest absolute Gasteiger partial charge is 0.248 e. The molecule has 0 radical (unpaired) electrons. The number of likely N-dealkylation sites (tertiary alicyclic amines) is 1. The second-order valence-electron chi connectivity index (χ2n) is 11.0. The average Bonchev–Trinajstić information content (AvgIpc) is 3.72. The Morgan fingerprint density at radius 3 is 2.39 bits per heavy atom. The molecule has 0 bridgehead atoms. The molecule has 1 unspecified atom stereocenters. The van der Waals surface area contributed by atoms with E-state index in [4.69, 9.17) is 9.47 Å². The summed E-state index contributed by atoms with van der Waals surface area (Å²) in [7, 11) is -2.13. The van der Waals surface area contributed by atoms with Gasteiger partial charge in [0.05, 0.1) is 24.7 Å². The fourth-order valence-electron chi connectivity index (χ4n) is 5.84. The molecule has 3 fully saturated rings. The number of piperidine rings is 1. The molecule has 38 heavy (non-hydrogen) atoms. The number of hydrogen-bond acceptors (Lipinski definition) is 7. The van der Waals surface area contributed by atoms with Crippen LogP contribution in [0.3, 0.4) is 0 Å². The van der Waals surface area contributed by atoms with Crippen molar-refractivity contribution in [2.75, 3.05) is 64.6 Å². The zero-order valence-electron chi connectivity index (χ0n) is 23.5. The Morgan fingerprint density at radius 2 is 1.79 bits per heavy atom. The van der Waals surface area contributed by atoms with Crippen molar-refractivity contribution in [3.8, 4) is 5.75 Å². The van der Waals surface area contributed by atoms with Crippen LogP contribution in [0.5, 0.6) is 5.75 Å². The lowest BCUT2D eigenvalue weighted by Gasteiger charge is -2.39. The van der Waals surface area contributed by atoms with Gasteiger partial charge in [0, 0.05) is 43.7 Å². The fraction of sp³-hybridized carbons (Fsp3) is 0.750. The number of hydrogen-bond donors (Lipinski definition) is 0. The van der Waals surface area contributed by atoms with Crippen LogP contribution < -0.4 is 4.74 Å². The van der Waals surface area contributed by atoms with Gasteiger partial charge in [0.25, 0.3) is 0 Å². The molecule has 0 aromatic heterocycles. The van der Waals surface area contributed by atoms with E-state index >= 15 is 0 Å². The van der Waals surface area contributed by atoms with Gasteiger partial charge in [0.15, 0.2) is 0 Å². The van der Waals surface area contributed by atoms with E-state index < -0.39 is 10.0 Å². The van der Waals surface area contributed by atoms with Gasteiger partial charge >= 0.3 is 0 Å².